The minimum Gasteiger partial charge on any atom is -0.294 e. The lowest BCUT2D eigenvalue weighted by atomic mass is 10.1. The highest BCUT2D eigenvalue weighted by Gasteiger charge is 2.11. The average Bonchev–Trinajstić information content (AvgIpc) is 2.45. The lowest BCUT2D eigenvalue weighted by Crippen LogP contribution is -2.25. The number of nitrogens with zero attached hydrogens (tertiary/aromatic N) is 1. The molecule has 0 unspecified atom stereocenters. The molecule has 2 rings (SSSR count). The van der Waals surface area contributed by atoms with E-state index in [0.717, 1.165) is 17.7 Å². The van der Waals surface area contributed by atoms with Crippen LogP contribution in [0.3, 0.4) is 0 Å². The molecule has 22 heavy (non-hydrogen) atoms. The molecule has 1 nitrogen and oxygen atoms in total. The van der Waals surface area contributed by atoms with Gasteiger partial charge in [-0.25, -0.2) is 0 Å². The summed E-state index contributed by atoms with van der Waals surface area (Å²) in [4.78, 5) is 2.18. The van der Waals surface area contributed by atoms with Gasteiger partial charge in [0.05, 0.1) is 0 Å². The van der Waals surface area contributed by atoms with Gasteiger partial charge in [0.25, 0.3) is 0 Å². The lowest BCUT2D eigenvalue weighted by molar-refractivity contribution is 0.273. The Balaban J connectivity index is 2.15. The summed E-state index contributed by atoms with van der Waals surface area (Å²) in [6.45, 7) is 2.06. The summed E-state index contributed by atoms with van der Waals surface area (Å²) in [5.41, 5.74) is 2.00. The standard InChI is InChI=1S/C16H14Cl5N/c17-5-6-22(9-11-1-3-13(18)7-15(11)20)10-12-2-4-14(19)8-16(12)21/h1-4,7-8H,5-6,9-10H2. The van der Waals surface area contributed by atoms with Crippen molar-refractivity contribution < 1.29 is 0 Å². The van der Waals surface area contributed by atoms with Crippen molar-refractivity contribution in [2.45, 2.75) is 13.1 Å². The SMILES string of the molecule is ClCCN(Cc1ccc(Cl)cc1Cl)Cc1ccc(Cl)cc1Cl. The zero-order valence-electron chi connectivity index (χ0n) is 11.6. The zero-order chi connectivity index (χ0) is 16.1. The molecule has 0 aliphatic carbocycles. The molecule has 0 fully saturated rings. The number of benzene rings is 2. The highest BCUT2D eigenvalue weighted by molar-refractivity contribution is 6.35. The molecule has 118 valence electrons. The Hall–Kier alpha value is -0.150. The van der Waals surface area contributed by atoms with E-state index in [1.54, 1.807) is 12.1 Å². The maximum absolute atomic E-state index is 6.24. The average molecular weight is 398 g/mol. The van der Waals surface area contributed by atoms with Gasteiger partial charge >= 0.3 is 0 Å². The highest BCUT2D eigenvalue weighted by atomic mass is 35.5. The Labute approximate surface area is 155 Å². The molecule has 0 atom stereocenters. The summed E-state index contributed by atoms with van der Waals surface area (Å²) >= 11 is 30.3. The van der Waals surface area contributed by atoms with Crippen LogP contribution in [0.2, 0.25) is 20.1 Å². The molecular formula is C16H14Cl5N. The molecule has 0 aromatic heterocycles. The minimum atomic E-state index is 0.524. The largest absolute Gasteiger partial charge is 0.294 e. The van der Waals surface area contributed by atoms with Crippen molar-refractivity contribution in [2.75, 3.05) is 12.4 Å². The van der Waals surface area contributed by atoms with Crippen molar-refractivity contribution in [2.24, 2.45) is 0 Å². The van der Waals surface area contributed by atoms with Gasteiger partial charge in [-0.1, -0.05) is 58.5 Å². The number of halogens is 5. The highest BCUT2D eigenvalue weighted by Crippen LogP contribution is 2.25. The van der Waals surface area contributed by atoms with Gasteiger partial charge in [0, 0.05) is 45.6 Å². The molecule has 0 saturated carbocycles. The van der Waals surface area contributed by atoms with Crippen LogP contribution in [-0.2, 0) is 13.1 Å². The molecular weight excluding hydrogens is 383 g/mol. The number of hydrogen-bond acceptors (Lipinski definition) is 1. The van der Waals surface area contributed by atoms with Crippen LogP contribution in [0.4, 0.5) is 0 Å². The van der Waals surface area contributed by atoms with Crippen LogP contribution in [-0.4, -0.2) is 17.3 Å². The van der Waals surface area contributed by atoms with Crippen LogP contribution in [0.5, 0.6) is 0 Å². The maximum atomic E-state index is 6.24. The molecule has 0 N–H and O–H groups in total. The molecule has 0 radical (unpaired) electrons. The summed E-state index contributed by atoms with van der Waals surface area (Å²) in [7, 11) is 0. The van der Waals surface area contributed by atoms with E-state index in [-0.39, 0.29) is 0 Å². The first-order chi connectivity index (χ1) is 10.5. The fraction of sp³-hybridized carbons (Fsp3) is 0.250. The summed E-state index contributed by atoms with van der Waals surface area (Å²) < 4.78 is 0. The number of alkyl halides is 1. The minimum absolute atomic E-state index is 0.524. The molecule has 2 aromatic rings. The van der Waals surface area contributed by atoms with Gasteiger partial charge in [0.15, 0.2) is 0 Å². The number of rotatable bonds is 6. The number of hydrogen-bond donors (Lipinski definition) is 0. The van der Waals surface area contributed by atoms with Gasteiger partial charge in [-0.3, -0.25) is 4.90 Å². The molecule has 0 saturated heterocycles. The van der Waals surface area contributed by atoms with E-state index >= 15 is 0 Å². The van der Waals surface area contributed by atoms with Crippen molar-refractivity contribution in [1.82, 2.24) is 4.90 Å². The summed E-state index contributed by atoms with van der Waals surface area (Å²) in [6.07, 6.45) is 0. The van der Waals surface area contributed by atoms with E-state index < -0.39 is 0 Å². The van der Waals surface area contributed by atoms with Crippen LogP contribution in [0.25, 0.3) is 0 Å². The van der Waals surface area contributed by atoms with Crippen LogP contribution in [0.1, 0.15) is 11.1 Å². The second-order valence-electron chi connectivity index (χ2n) is 4.87. The molecule has 2 aromatic carbocycles. The van der Waals surface area contributed by atoms with E-state index in [1.165, 1.54) is 0 Å². The molecule has 6 heteroatoms. The Morgan fingerprint density at radius 2 is 1.18 bits per heavy atom. The summed E-state index contributed by atoms with van der Waals surface area (Å²) in [5, 5.41) is 2.54. The second-order valence-corrected chi connectivity index (χ2v) is 6.94. The first-order valence-electron chi connectivity index (χ1n) is 6.66. The van der Waals surface area contributed by atoms with Crippen LogP contribution in [0, 0.1) is 0 Å². The Morgan fingerprint density at radius 1 is 0.727 bits per heavy atom. The second kappa shape index (κ2) is 8.63. The van der Waals surface area contributed by atoms with Gasteiger partial charge in [-0.15, -0.1) is 11.6 Å². The third-order valence-corrected chi connectivity index (χ3v) is 4.56. The van der Waals surface area contributed by atoms with Crippen LogP contribution >= 0.6 is 58.0 Å². The van der Waals surface area contributed by atoms with Gasteiger partial charge in [0.2, 0.25) is 0 Å². The quantitative estimate of drug-likeness (QED) is 0.500. The summed E-state index contributed by atoms with van der Waals surface area (Å²) in [5.74, 6) is 0.524. The Bertz CT molecular complexity index is 591. The third kappa shape index (κ3) is 5.19. The third-order valence-electron chi connectivity index (χ3n) is 3.22. The fourth-order valence-corrected chi connectivity index (χ4v) is 3.29. The van der Waals surface area contributed by atoms with Crippen LogP contribution < -0.4 is 0 Å². The van der Waals surface area contributed by atoms with Gasteiger partial charge in [-0.2, -0.15) is 0 Å². The van der Waals surface area contributed by atoms with E-state index in [9.17, 15) is 0 Å². The van der Waals surface area contributed by atoms with Crippen molar-refractivity contribution in [3.05, 3.63) is 67.6 Å². The van der Waals surface area contributed by atoms with E-state index in [2.05, 4.69) is 4.90 Å². The lowest BCUT2D eigenvalue weighted by Gasteiger charge is -2.22. The van der Waals surface area contributed by atoms with Gasteiger partial charge < -0.3 is 0 Å². The molecule has 0 aliphatic rings. The molecule has 0 spiro atoms. The van der Waals surface area contributed by atoms with Crippen molar-refractivity contribution in [1.29, 1.82) is 0 Å². The first-order valence-corrected chi connectivity index (χ1v) is 8.70. The predicted octanol–water partition coefficient (Wildman–Crippen LogP) is 6.54. The smallest absolute Gasteiger partial charge is 0.0465 e. The Morgan fingerprint density at radius 3 is 1.55 bits per heavy atom. The van der Waals surface area contributed by atoms with E-state index in [4.69, 9.17) is 58.0 Å². The topological polar surface area (TPSA) is 3.24 Å². The molecule has 0 amide bonds. The molecule has 0 aliphatic heterocycles. The van der Waals surface area contributed by atoms with Gasteiger partial charge in [0.1, 0.15) is 0 Å². The fourth-order valence-electron chi connectivity index (χ4n) is 2.12. The maximum Gasteiger partial charge on any atom is 0.0465 e. The van der Waals surface area contributed by atoms with Crippen molar-refractivity contribution >= 4 is 58.0 Å². The normalized spacial score (nSPS) is 11.2. The monoisotopic (exact) mass is 395 g/mol. The molecule has 0 heterocycles. The predicted molar refractivity (Wildman–Crippen MR) is 97.8 cm³/mol. The first kappa shape index (κ1) is 18.2. The zero-order valence-corrected chi connectivity index (χ0v) is 15.4. The van der Waals surface area contributed by atoms with Crippen LogP contribution in [0.15, 0.2) is 36.4 Å². The van der Waals surface area contributed by atoms with Crippen molar-refractivity contribution in [3.63, 3.8) is 0 Å². The van der Waals surface area contributed by atoms with Crippen molar-refractivity contribution in [3.8, 4) is 0 Å². The summed E-state index contributed by atoms with van der Waals surface area (Å²) in [6, 6.07) is 11.0. The molecule has 0 bridgehead atoms. The van der Waals surface area contributed by atoms with E-state index in [1.807, 2.05) is 24.3 Å². The Kier molecular flexibility index (Phi) is 7.14. The van der Waals surface area contributed by atoms with Gasteiger partial charge in [-0.05, 0) is 35.4 Å². The van der Waals surface area contributed by atoms with E-state index in [0.29, 0.717) is 39.1 Å².